The van der Waals surface area contributed by atoms with Crippen molar-refractivity contribution in [2.45, 2.75) is 53.7 Å². The highest BCUT2D eigenvalue weighted by Gasteiger charge is 2.81. The van der Waals surface area contributed by atoms with Gasteiger partial charge in [0, 0.05) is 38.7 Å². The summed E-state index contributed by atoms with van der Waals surface area (Å²) in [6.45, 7) is 0.328. The minimum Gasteiger partial charge on any atom is -0.340 e. The zero-order valence-electron chi connectivity index (χ0n) is 16.3. The minimum atomic E-state index is -6.84. The Morgan fingerprint density at radius 1 is 0.719 bits per heavy atom. The van der Waals surface area contributed by atoms with E-state index in [0.717, 1.165) is 21.8 Å². The Balaban J connectivity index is 1.71. The highest BCUT2D eigenvalue weighted by atomic mass is 127. The molecule has 11 heteroatoms. The van der Waals surface area contributed by atoms with Crippen LogP contribution in [0.25, 0.3) is 21.8 Å². The molecule has 2 aromatic carbocycles. The smallest absolute Gasteiger partial charge is 0.340 e. The van der Waals surface area contributed by atoms with Gasteiger partial charge in [0.15, 0.2) is 0 Å². The summed E-state index contributed by atoms with van der Waals surface area (Å²) in [6, 6.07) is 14.9. The number of nitrogens with zero attached hydrogens (tertiary/aromatic N) is 1. The molecule has 176 valence electrons. The zero-order valence-corrected chi connectivity index (χ0v) is 18.4. The van der Waals surface area contributed by atoms with Crippen molar-refractivity contribution < 1.29 is 39.5 Å². The fourth-order valence-corrected chi connectivity index (χ4v) is 4.62. The monoisotopic (exact) mass is 581 g/mol. The first-order chi connectivity index (χ1) is 14.7. The summed E-state index contributed by atoms with van der Waals surface area (Å²) in [7, 11) is 0. The van der Waals surface area contributed by atoms with Crippen LogP contribution in [0, 0.1) is 0 Å². The second-order valence-electron chi connectivity index (χ2n) is 7.48. The van der Waals surface area contributed by atoms with Crippen molar-refractivity contribution in [3.8, 4) is 0 Å². The number of hydrogen-bond donors (Lipinski definition) is 0. The highest BCUT2D eigenvalue weighted by molar-refractivity contribution is 14.1. The van der Waals surface area contributed by atoms with E-state index in [9.17, 15) is 39.5 Å². The number of rotatable bonds is 8. The van der Waals surface area contributed by atoms with Crippen LogP contribution in [0.3, 0.4) is 0 Å². The third-order valence-electron chi connectivity index (χ3n) is 5.27. The van der Waals surface area contributed by atoms with Gasteiger partial charge in [-0.3, -0.25) is 0 Å². The van der Waals surface area contributed by atoms with Crippen LogP contribution >= 0.6 is 22.6 Å². The number of alkyl halides is 10. The zero-order chi connectivity index (χ0) is 23.9. The molecule has 1 nitrogen and oxygen atoms in total. The summed E-state index contributed by atoms with van der Waals surface area (Å²) in [5.74, 6) is -18.9. The Kier molecular flexibility index (Phi) is 6.71. The van der Waals surface area contributed by atoms with Gasteiger partial charge >= 0.3 is 23.9 Å². The van der Waals surface area contributed by atoms with Crippen molar-refractivity contribution in [1.82, 2.24) is 4.57 Å². The normalized spacial score (nSPS) is 14.9. The second kappa shape index (κ2) is 8.60. The van der Waals surface area contributed by atoms with Crippen LogP contribution in [0.2, 0.25) is 0 Å². The Morgan fingerprint density at radius 2 is 1.19 bits per heavy atom. The molecule has 0 spiro atoms. The molecule has 0 saturated carbocycles. The first kappa shape index (κ1) is 25.0. The lowest BCUT2D eigenvalue weighted by molar-refractivity contribution is -0.396. The molecule has 0 aliphatic carbocycles. The van der Waals surface area contributed by atoms with Crippen LogP contribution in [0.15, 0.2) is 48.5 Å². The maximum atomic E-state index is 13.9. The van der Waals surface area contributed by atoms with E-state index in [0.29, 0.717) is 6.54 Å². The Hall–Kier alpha value is -1.66. The topological polar surface area (TPSA) is 4.93 Å². The minimum absolute atomic E-state index is 0.0787. The number of para-hydroxylation sites is 2. The Bertz CT molecular complexity index is 1030. The Labute approximate surface area is 190 Å². The van der Waals surface area contributed by atoms with Gasteiger partial charge in [-0.25, -0.2) is 0 Å². The Morgan fingerprint density at radius 3 is 1.66 bits per heavy atom. The van der Waals surface area contributed by atoms with Gasteiger partial charge in [-0.1, -0.05) is 59.0 Å². The lowest BCUT2D eigenvalue weighted by atomic mass is 9.98. The molecule has 3 rings (SSSR count). The van der Waals surface area contributed by atoms with Crippen LogP contribution in [0.1, 0.15) is 19.3 Å². The molecular weight excluding hydrogens is 564 g/mol. The predicted molar refractivity (Wildman–Crippen MR) is 112 cm³/mol. The number of halogens is 10. The fourth-order valence-electron chi connectivity index (χ4n) is 3.63. The molecule has 1 atom stereocenters. The number of benzene rings is 2. The van der Waals surface area contributed by atoms with E-state index in [1.54, 1.807) is 0 Å². The standard InChI is InChI=1S/C21H17F9IN/c22-18(23,19(24,25)20(26,27)21(28,29)30)12-13(31)6-5-11-32-16-9-3-1-7-14(16)15-8-2-4-10-17(15)32/h1-4,7-10,13H,5-6,11-12H2. The van der Waals surface area contributed by atoms with Gasteiger partial charge in [-0.15, -0.1) is 0 Å². The van der Waals surface area contributed by atoms with Crippen LogP contribution in [0.4, 0.5) is 39.5 Å². The summed E-state index contributed by atoms with van der Waals surface area (Å²) >= 11 is 1.38. The number of fused-ring (bicyclic) bond motifs is 3. The molecule has 0 radical (unpaired) electrons. The quantitative estimate of drug-likeness (QED) is 0.144. The van der Waals surface area contributed by atoms with E-state index in [1.165, 1.54) is 22.6 Å². The first-order valence-electron chi connectivity index (χ1n) is 9.51. The third-order valence-corrected chi connectivity index (χ3v) is 6.33. The van der Waals surface area contributed by atoms with Crippen molar-refractivity contribution in [2.24, 2.45) is 0 Å². The van der Waals surface area contributed by atoms with Gasteiger partial charge in [0.25, 0.3) is 0 Å². The molecular formula is C21H17F9IN. The summed E-state index contributed by atoms with van der Waals surface area (Å²) in [4.78, 5) is 0. The lowest BCUT2D eigenvalue weighted by Crippen LogP contribution is -2.61. The van der Waals surface area contributed by atoms with Crippen LogP contribution in [0.5, 0.6) is 0 Å². The highest BCUT2D eigenvalue weighted by Crippen LogP contribution is 2.54. The molecule has 1 unspecified atom stereocenters. The SMILES string of the molecule is FC(F)(F)C(F)(F)C(F)(F)C(F)(F)CC(I)CCCn1c2ccccc2c2ccccc21. The van der Waals surface area contributed by atoms with Gasteiger partial charge in [-0.05, 0) is 25.0 Å². The summed E-state index contributed by atoms with van der Waals surface area (Å²) < 4.78 is 118. The maximum absolute atomic E-state index is 13.9. The summed E-state index contributed by atoms with van der Waals surface area (Å²) in [5, 5.41) is 1.93. The molecule has 0 fully saturated rings. The maximum Gasteiger partial charge on any atom is 0.460 e. The predicted octanol–water partition coefficient (Wildman–Crippen LogP) is 8.24. The van der Waals surface area contributed by atoms with E-state index in [2.05, 4.69) is 0 Å². The van der Waals surface area contributed by atoms with Gasteiger partial charge < -0.3 is 4.57 Å². The van der Waals surface area contributed by atoms with Crippen molar-refractivity contribution in [3.05, 3.63) is 48.5 Å². The molecule has 0 aliphatic heterocycles. The van der Waals surface area contributed by atoms with Crippen LogP contribution in [-0.2, 0) is 6.54 Å². The van der Waals surface area contributed by atoms with Crippen LogP contribution in [-0.4, -0.2) is 32.4 Å². The average Bonchev–Trinajstić information content (AvgIpc) is 3.01. The van der Waals surface area contributed by atoms with Crippen LogP contribution < -0.4 is 0 Å². The fraction of sp³-hybridized carbons (Fsp3) is 0.429. The molecule has 0 N–H and O–H groups in total. The van der Waals surface area contributed by atoms with E-state index in [-0.39, 0.29) is 12.8 Å². The van der Waals surface area contributed by atoms with E-state index < -0.39 is 34.3 Å². The average molecular weight is 581 g/mol. The molecule has 0 aliphatic rings. The molecule has 0 bridgehead atoms. The largest absolute Gasteiger partial charge is 0.460 e. The van der Waals surface area contributed by atoms with Gasteiger partial charge in [0.05, 0.1) is 0 Å². The van der Waals surface area contributed by atoms with E-state index in [1.807, 2.05) is 53.1 Å². The molecule has 1 heterocycles. The summed E-state index contributed by atoms with van der Waals surface area (Å²) in [5.41, 5.74) is 1.75. The molecule has 0 saturated heterocycles. The number of aryl methyl sites for hydroxylation is 1. The molecule has 32 heavy (non-hydrogen) atoms. The third kappa shape index (κ3) is 4.28. The van der Waals surface area contributed by atoms with Crippen molar-refractivity contribution in [3.63, 3.8) is 0 Å². The van der Waals surface area contributed by atoms with Crippen molar-refractivity contribution >= 4 is 44.4 Å². The second-order valence-corrected chi connectivity index (χ2v) is 9.24. The van der Waals surface area contributed by atoms with Gasteiger partial charge in [-0.2, -0.15) is 39.5 Å². The van der Waals surface area contributed by atoms with E-state index in [4.69, 9.17) is 0 Å². The number of aromatic nitrogens is 1. The number of hydrogen-bond acceptors (Lipinski definition) is 0. The molecule has 1 aromatic heterocycles. The van der Waals surface area contributed by atoms with E-state index >= 15 is 0 Å². The summed E-state index contributed by atoms with van der Waals surface area (Å²) in [6.07, 6.45) is -8.45. The van der Waals surface area contributed by atoms with Crippen molar-refractivity contribution in [1.29, 1.82) is 0 Å². The molecule has 0 amide bonds. The first-order valence-corrected chi connectivity index (χ1v) is 10.8. The van der Waals surface area contributed by atoms with Gasteiger partial charge in [0.2, 0.25) is 0 Å². The van der Waals surface area contributed by atoms with Gasteiger partial charge in [0.1, 0.15) is 0 Å². The molecule has 3 aromatic rings. The lowest BCUT2D eigenvalue weighted by Gasteiger charge is -2.34. The van der Waals surface area contributed by atoms with Crippen molar-refractivity contribution in [2.75, 3.05) is 0 Å².